The van der Waals surface area contributed by atoms with E-state index in [2.05, 4.69) is 10.3 Å². The highest BCUT2D eigenvalue weighted by molar-refractivity contribution is 5.75. The van der Waals surface area contributed by atoms with E-state index >= 15 is 0 Å². The van der Waals surface area contributed by atoms with E-state index in [1.165, 1.54) is 41.2 Å². The van der Waals surface area contributed by atoms with Gasteiger partial charge < -0.3 is 14.8 Å². The fraction of sp³-hybridized carbons (Fsp3) is 0.190. The van der Waals surface area contributed by atoms with Crippen molar-refractivity contribution in [3.8, 4) is 22.8 Å². The quantitative estimate of drug-likeness (QED) is 0.590. The van der Waals surface area contributed by atoms with Crippen LogP contribution in [-0.2, 0) is 11.3 Å². The van der Waals surface area contributed by atoms with E-state index in [1.54, 1.807) is 31.4 Å². The van der Waals surface area contributed by atoms with Crippen LogP contribution in [0.15, 0.2) is 65.7 Å². The number of hydrogen-bond acceptors (Lipinski definition) is 5. The number of amides is 1. The third-order valence-electron chi connectivity index (χ3n) is 4.09. The molecule has 1 aromatic heterocycles. The van der Waals surface area contributed by atoms with Gasteiger partial charge in [-0.15, -0.1) is 0 Å². The van der Waals surface area contributed by atoms with E-state index in [9.17, 15) is 14.0 Å². The van der Waals surface area contributed by atoms with Crippen molar-refractivity contribution in [2.24, 2.45) is 0 Å². The highest BCUT2D eigenvalue weighted by Crippen LogP contribution is 2.17. The lowest BCUT2D eigenvalue weighted by Crippen LogP contribution is -2.34. The SMILES string of the molecule is COc1ccc(OCCNC(=O)Cn2cnc(-c3ccc(F)cc3)cc2=O)cc1. The summed E-state index contributed by atoms with van der Waals surface area (Å²) in [5, 5.41) is 2.69. The Hall–Kier alpha value is -3.68. The minimum Gasteiger partial charge on any atom is -0.497 e. The first-order valence-corrected chi connectivity index (χ1v) is 8.91. The second-order valence-electron chi connectivity index (χ2n) is 6.12. The van der Waals surface area contributed by atoms with Gasteiger partial charge in [-0.05, 0) is 48.5 Å². The number of benzene rings is 2. The van der Waals surface area contributed by atoms with E-state index in [4.69, 9.17) is 9.47 Å². The molecule has 0 aliphatic rings. The van der Waals surface area contributed by atoms with E-state index in [1.807, 2.05) is 0 Å². The lowest BCUT2D eigenvalue weighted by Gasteiger charge is -2.09. The Morgan fingerprint density at radius 2 is 1.79 bits per heavy atom. The van der Waals surface area contributed by atoms with Gasteiger partial charge in [-0.1, -0.05) is 0 Å². The normalized spacial score (nSPS) is 10.4. The summed E-state index contributed by atoms with van der Waals surface area (Å²) in [6.45, 7) is 0.424. The Kier molecular flexibility index (Phi) is 6.57. The summed E-state index contributed by atoms with van der Waals surface area (Å²) >= 11 is 0. The lowest BCUT2D eigenvalue weighted by atomic mass is 10.1. The van der Waals surface area contributed by atoms with Gasteiger partial charge in [0, 0.05) is 11.6 Å². The molecule has 0 saturated heterocycles. The summed E-state index contributed by atoms with van der Waals surface area (Å²) in [5.74, 6) is 0.698. The van der Waals surface area contributed by atoms with Crippen molar-refractivity contribution in [2.45, 2.75) is 6.54 Å². The molecule has 1 heterocycles. The molecular weight excluding hydrogens is 377 g/mol. The first-order valence-electron chi connectivity index (χ1n) is 8.91. The summed E-state index contributed by atoms with van der Waals surface area (Å²) in [6.07, 6.45) is 1.30. The number of ether oxygens (including phenoxy) is 2. The average Bonchev–Trinajstić information content (AvgIpc) is 2.74. The Balaban J connectivity index is 1.48. The molecule has 29 heavy (non-hydrogen) atoms. The van der Waals surface area contributed by atoms with Gasteiger partial charge in [0.1, 0.15) is 30.5 Å². The predicted octanol–water partition coefficient (Wildman–Crippen LogP) is 2.25. The highest BCUT2D eigenvalue weighted by Gasteiger charge is 2.07. The molecule has 0 aliphatic heterocycles. The van der Waals surface area contributed by atoms with Crippen molar-refractivity contribution in [1.29, 1.82) is 0 Å². The smallest absolute Gasteiger partial charge is 0.254 e. The zero-order valence-electron chi connectivity index (χ0n) is 15.8. The van der Waals surface area contributed by atoms with Crippen molar-refractivity contribution in [3.63, 3.8) is 0 Å². The van der Waals surface area contributed by atoms with Crippen LogP contribution in [0, 0.1) is 5.82 Å². The number of carbonyl (C=O) groups is 1. The van der Waals surface area contributed by atoms with Crippen LogP contribution in [-0.4, -0.2) is 35.7 Å². The van der Waals surface area contributed by atoms with Crippen LogP contribution in [0.4, 0.5) is 4.39 Å². The molecule has 8 heteroatoms. The number of methoxy groups -OCH3 is 1. The van der Waals surface area contributed by atoms with Gasteiger partial charge in [0.15, 0.2) is 0 Å². The maximum absolute atomic E-state index is 13.0. The summed E-state index contributed by atoms with van der Waals surface area (Å²) in [4.78, 5) is 28.4. The molecule has 0 saturated carbocycles. The van der Waals surface area contributed by atoms with Crippen LogP contribution >= 0.6 is 0 Å². The third kappa shape index (κ3) is 5.65. The zero-order valence-corrected chi connectivity index (χ0v) is 15.8. The van der Waals surface area contributed by atoms with Crippen LogP contribution in [0.5, 0.6) is 11.5 Å². The summed E-state index contributed by atoms with van der Waals surface area (Å²) in [6, 6.07) is 14.1. The van der Waals surface area contributed by atoms with Gasteiger partial charge in [0.25, 0.3) is 5.56 Å². The van der Waals surface area contributed by atoms with Gasteiger partial charge in [0.2, 0.25) is 5.91 Å². The molecule has 0 fully saturated rings. The molecular formula is C21H20FN3O4. The highest BCUT2D eigenvalue weighted by atomic mass is 19.1. The second-order valence-corrected chi connectivity index (χ2v) is 6.12. The van der Waals surface area contributed by atoms with Gasteiger partial charge in [-0.2, -0.15) is 0 Å². The molecule has 150 valence electrons. The minimum absolute atomic E-state index is 0.155. The maximum atomic E-state index is 13.0. The van der Waals surface area contributed by atoms with Crippen LogP contribution < -0.4 is 20.3 Å². The van der Waals surface area contributed by atoms with E-state index in [0.29, 0.717) is 23.6 Å². The van der Waals surface area contributed by atoms with E-state index in [0.717, 1.165) is 5.75 Å². The number of rotatable bonds is 8. The van der Waals surface area contributed by atoms with Crippen molar-refractivity contribution >= 4 is 5.91 Å². The van der Waals surface area contributed by atoms with E-state index in [-0.39, 0.29) is 30.4 Å². The van der Waals surface area contributed by atoms with Gasteiger partial charge in [-0.3, -0.25) is 14.2 Å². The zero-order chi connectivity index (χ0) is 20.6. The van der Waals surface area contributed by atoms with Crippen molar-refractivity contribution in [1.82, 2.24) is 14.9 Å². The van der Waals surface area contributed by atoms with Crippen LogP contribution in [0.3, 0.4) is 0 Å². The molecule has 2 aromatic carbocycles. The number of hydrogen-bond donors (Lipinski definition) is 1. The molecule has 1 amide bonds. The monoisotopic (exact) mass is 397 g/mol. The largest absolute Gasteiger partial charge is 0.497 e. The fourth-order valence-corrected chi connectivity index (χ4v) is 2.57. The Bertz CT molecular complexity index is 1020. The molecule has 0 bridgehead atoms. The van der Waals surface area contributed by atoms with Crippen LogP contribution in [0.1, 0.15) is 0 Å². The Morgan fingerprint density at radius 3 is 2.45 bits per heavy atom. The molecule has 0 radical (unpaired) electrons. The van der Waals surface area contributed by atoms with Crippen LogP contribution in [0.2, 0.25) is 0 Å². The second kappa shape index (κ2) is 9.50. The van der Waals surface area contributed by atoms with Gasteiger partial charge >= 0.3 is 0 Å². The molecule has 1 N–H and O–H groups in total. The predicted molar refractivity (Wildman–Crippen MR) is 105 cm³/mol. The number of aromatic nitrogens is 2. The van der Waals surface area contributed by atoms with Gasteiger partial charge in [0.05, 0.1) is 25.7 Å². The van der Waals surface area contributed by atoms with Crippen molar-refractivity contribution in [3.05, 3.63) is 77.1 Å². The Labute approximate surface area is 166 Å². The third-order valence-corrected chi connectivity index (χ3v) is 4.09. The lowest BCUT2D eigenvalue weighted by molar-refractivity contribution is -0.121. The molecule has 7 nitrogen and oxygen atoms in total. The van der Waals surface area contributed by atoms with E-state index < -0.39 is 0 Å². The van der Waals surface area contributed by atoms with Crippen LogP contribution in [0.25, 0.3) is 11.3 Å². The topological polar surface area (TPSA) is 82.4 Å². The Morgan fingerprint density at radius 1 is 1.10 bits per heavy atom. The molecule has 0 aliphatic carbocycles. The molecule has 0 atom stereocenters. The minimum atomic E-state index is -0.371. The molecule has 0 unspecified atom stereocenters. The number of carbonyl (C=O) groups excluding carboxylic acids is 1. The first-order chi connectivity index (χ1) is 14.0. The average molecular weight is 397 g/mol. The van der Waals surface area contributed by atoms with Crippen molar-refractivity contribution < 1.29 is 18.7 Å². The first kappa shape index (κ1) is 20.1. The summed E-state index contributed by atoms with van der Waals surface area (Å²) in [7, 11) is 1.59. The summed E-state index contributed by atoms with van der Waals surface area (Å²) < 4.78 is 24.8. The van der Waals surface area contributed by atoms with Gasteiger partial charge in [-0.25, -0.2) is 9.37 Å². The molecule has 3 aromatic rings. The number of nitrogens with zero attached hydrogens (tertiary/aromatic N) is 2. The number of halogens is 1. The van der Waals surface area contributed by atoms with Crippen molar-refractivity contribution in [2.75, 3.05) is 20.3 Å². The number of nitrogens with one attached hydrogen (secondary N) is 1. The molecule has 3 rings (SSSR count). The standard InChI is InChI=1S/C21H20FN3O4/c1-28-17-6-8-18(9-7-17)29-11-10-23-20(26)13-25-14-24-19(12-21(25)27)15-2-4-16(22)5-3-15/h2-9,12,14H,10-11,13H2,1H3,(H,23,26). The fourth-order valence-electron chi connectivity index (χ4n) is 2.57. The maximum Gasteiger partial charge on any atom is 0.254 e. The molecule has 0 spiro atoms. The summed E-state index contributed by atoms with van der Waals surface area (Å²) in [5.41, 5.74) is 0.666.